The second-order valence-electron chi connectivity index (χ2n) is 7.71. The number of halogens is 8. The van der Waals surface area contributed by atoms with Crippen molar-refractivity contribution in [3.8, 4) is 0 Å². The maximum atomic E-state index is 14.6. The number of anilines is 1. The lowest BCUT2D eigenvalue weighted by Crippen LogP contribution is -2.46. The van der Waals surface area contributed by atoms with Crippen molar-refractivity contribution in [1.82, 2.24) is 14.9 Å². The van der Waals surface area contributed by atoms with Gasteiger partial charge in [0.15, 0.2) is 11.6 Å². The molecule has 0 radical (unpaired) electrons. The van der Waals surface area contributed by atoms with Gasteiger partial charge in [-0.1, -0.05) is 0 Å². The Hall–Kier alpha value is -3.03. The molecule has 1 amide bonds. The number of carbonyl (C=O) groups is 1. The minimum absolute atomic E-state index is 0.00545. The number of carbonyl (C=O) groups excluding carboxylic acids is 1. The van der Waals surface area contributed by atoms with Crippen LogP contribution in [-0.4, -0.2) is 45.9 Å². The predicted molar refractivity (Wildman–Crippen MR) is 103 cm³/mol. The average Bonchev–Trinajstić information content (AvgIpc) is 3.23. The molecule has 1 unspecified atom stereocenters. The second-order valence-corrected chi connectivity index (χ2v) is 7.71. The summed E-state index contributed by atoms with van der Waals surface area (Å²) in [5.74, 6) is -11.5. The van der Waals surface area contributed by atoms with Gasteiger partial charge < -0.3 is 16.0 Å². The zero-order chi connectivity index (χ0) is 25.3. The van der Waals surface area contributed by atoms with Gasteiger partial charge in [-0.15, -0.1) is 0 Å². The summed E-state index contributed by atoms with van der Waals surface area (Å²) >= 11 is 0. The molecule has 1 aromatic heterocycles. The van der Waals surface area contributed by atoms with E-state index in [-0.39, 0.29) is 31.0 Å². The first-order valence-corrected chi connectivity index (χ1v) is 10.0. The highest BCUT2D eigenvalue weighted by molar-refractivity contribution is 5.77. The highest BCUT2D eigenvalue weighted by atomic mass is 19.4. The molecule has 3 N–H and O–H groups in total. The number of hydrogen-bond donors (Lipinski definition) is 2. The number of rotatable bonds is 7. The van der Waals surface area contributed by atoms with Crippen LogP contribution in [0.4, 0.5) is 40.9 Å². The van der Waals surface area contributed by atoms with Gasteiger partial charge in [-0.05, 0) is 25.0 Å². The molecule has 1 saturated heterocycles. The van der Waals surface area contributed by atoms with Crippen LogP contribution in [0.1, 0.15) is 30.7 Å². The first kappa shape index (κ1) is 25.6. The molecule has 2 aromatic rings. The van der Waals surface area contributed by atoms with Gasteiger partial charge >= 0.3 is 6.18 Å². The Labute approximate surface area is 188 Å². The van der Waals surface area contributed by atoms with Gasteiger partial charge in [-0.2, -0.15) is 22.0 Å². The van der Waals surface area contributed by atoms with E-state index in [2.05, 4.69) is 15.3 Å². The lowest BCUT2D eigenvalue weighted by atomic mass is 9.97. The molecule has 0 bridgehead atoms. The van der Waals surface area contributed by atoms with Gasteiger partial charge in [0.2, 0.25) is 11.7 Å². The topological polar surface area (TPSA) is 84.1 Å². The number of likely N-dealkylation sites (tertiary alicyclic amines) is 1. The van der Waals surface area contributed by atoms with Crippen LogP contribution in [0, 0.1) is 17.5 Å². The van der Waals surface area contributed by atoms with Gasteiger partial charge in [0.05, 0.1) is 11.6 Å². The van der Waals surface area contributed by atoms with Crippen molar-refractivity contribution in [2.45, 2.75) is 43.4 Å². The highest BCUT2D eigenvalue weighted by Gasteiger charge is 2.44. The fourth-order valence-electron chi connectivity index (χ4n) is 3.60. The van der Waals surface area contributed by atoms with E-state index in [0.29, 0.717) is 12.8 Å². The van der Waals surface area contributed by atoms with Crippen LogP contribution >= 0.6 is 0 Å². The zero-order valence-corrected chi connectivity index (χ0v) is 17.4. The second kappa shape index (κ2) is 9.68. The monoisotopic (exact) mass is 497 g/mol. The van der Waals surface area contributed by atoms with Crippen molar-refractivity contribution in [2.75, 3.05) is 18.4 Å². The third kappa shape index (κ3) is 5.54. The average molecular weight is 497 g/mol. The molecule has 0 saturated carbocycles. The van der Waals surface area contributed by atoms with Crippen molar-refractivity contribution in [1.29, 1.82) is 0 Å². The van der Waals surface area contributed by atoms with Crippen LogP contribution in [-0.2, 0) is 16.9 Å². The van der Waals surface area contributed by atoms with Crippen molar-refractivity contribution in [3.63, 3.8) is 0 Å². The maximum absolute atomic E-state index is 14.6. The third-order valence-electron chi connectivity index (χ3n) is 5.35. The summed E-state index contributed by atoms with van der Waals surface area (Å²) in [6, 6.07) is -1.65. The highest BCUT2D eigenvalue weighted by Crippen LogP contribution is 2.35. The van der Waals surface area contributed by atoms with Crippen LogP contribution in [0.5, 0.6) is 0 Å². The molecule has 2 heterocycles. The van der Waals surface area contributed by atoms with E-state index in [1.165, 1.54) is 11.0 Å². The summed E-state index contributed by atoms with van der Waals surface area (Å²) in [5, 5.41) is 2.66. The van der Waals surface area contributed by atoms with Crippen molar-refractivity contribution < 1.29 is 39.9 Å². The Morgan fingerprint density at radius 3 is 2.50 bits per heavy atom. The van der Waals surface area contributed by atoms with E-state index in [4.69, 9.17) is 5.73 Å². The van der Waals surface area contributed by atoms with E-state index in [1.807, 2.05) is 0 Å². The van der Waals surface area contributed by atoms with Gasteiger partial charge in [-0.25, -0.2) is 23.1 Å². The Bertz CT molecular complexity index is 1050. The number of alkyl halides is 5. The van der Waals surface area contributed by atoms with Gasteiger partial charge in [0, 0.05) is 37.8 Å². The fraction of sp³-hybridized carbons (Fsp3) is 0.450. The minimum atomic E-state index is -4.75. The molecular formula is C20H19F8N5O. The van der Waals surface area contributed by atoms with E-state index in [9.17, 15) is 39.9 Å². The molecule has 2 atom stereocenters. The molecule has 6 nitrogen and oxygen atoms in total. The summed E-state index contributed by atoms with van der Waals surface area (Å²) < 4.78 is 108. The van der Waals surface area contributed by atoms with E-state index in [1.54, 1.807) is 0 Å². The summed E-state index contributed by atoms with van der Waals surface area (Å²) in [4.78, 5) is 20.3. The standard InChI is InChI=1S/C20H19F8N5O/c21-12-7-14(23)13(22)6-11(12)19(24,25)15(29)8-17(34)33-5-1-2-10(33)9-31-16-3-4-30-18(32-16)20(26,27)28/h3-4,6-7,10,15H,1-2,5,8-9,29H2,(H,30,31,32)/t10?,15-/m0/s1. The van der Waals surface area contributed by atoms with Gasteiger partial charge in [-0.3, -0.25) is 4.79 Å². The van der Waals surface area contributed by atoms with Crippen LogP contribution in [0.2, 0.25) is 0 Å². The molecule has 14 heteroatoms. The Balaban J connectivity index is 1.65. The molecule has 3 rings (SSSR count). The summed E-state index contributed by atoms with van der Waals surface area (Å²) in [7, 11) is 0. The Morgan fingerprint density at radius 1 is 1.15 bits per heavy atom. The summed E-state index contributed by atoms with van der Waals surface area (Å²) in [5.41, 5.74) is 3.98. The lowest BCUT2D eigenvalue weighted by Gasteiger charge is -2.29. The SMILES string of the molecule is N[C@@H](CC(=O)N1CCCC1CNc1ccnc(C(F)(F)F)n1)C(F)(F)c1cc(F)c(F)cc1F. The predicted octanol–water partition coefficient (Wildman–Crippen LogP) is 3.83. The molecular weight excluding hydrogens is 478 g/mol. The minimum Gasteiger partial charge on any atom is -0.368 e. The fourth-order valence-corrected chi connectivity index (χ4v) is 3.60. The molecule has 0 aliphatic carbocycles. The number of amides is 1. The number of nitrogens with one attached hydrogen (secondary N) is 1. The van der Waals surface area contributed by atoms with E-state index >= 15 is 0 Å². The first-order chi connectivity index (χ1) is 15.8. The zero-order valence-electron chi connectivity index (χ0n) is 17.4. The summed E-state index contributed by atoms with van der Waals surface area (Å²) in [6.07, 6.45) is -3.85. The molecule has 1 aliphatic rings. The number of hydrogen-bond acceptors (Lipinski definition) is 5. The number of nitrogens with zero attached hydrogens (tertiary/aromatic N) is 3. The summed E-state index contributed by atoms with van der Waals surface area (Å²) in [6.45, 7) is 0.157. The smallest absolute Gasteiger partial charge is 0.368 e. The molecule has 1 aromatic carbocycles. The van der Waals surface area contributed by atoms with Gasteiger partial charge in [0.25, 0.3) is 5.92 Å². The van der Waals surface area contributed by atoms with Crippen molar-refractivity contribution in [3.05, 3.63) is 53.2 Å². The first-order valence-electron chi connectivity index (χ1n) is 10.0. The van der Waals surface area contributed by atoms with Crippen LogP contribution < -0.4 is 11.1 Å². The quantitative estimate of drug-likeness (QED) is 0.449. The Kier molecular flexibility index (Phi) is 7.29. The van der Waals surface area contributed by atoms with Crippen molar-refractivity contribution >= 4 is 11.7 Å². The van der Waals surface area contributed by atoms with E-state index < -0.39 is 65.4 Å². The van der Waals surface area contributed by atoms with Crippen LogP contribution in [0.3, 0.4) is 0 Å². The largest absolute Gasteiger partial charge is 0.451 e. The molecule has 1 fully saturated rings. The maximum Gasteiger partial charge on any atom is 0.451 e. The third-order valence-corrected chi connectivity index (χ3v) is 5.35. The molecule has 34 heavy (non-hydrogen) atoms. The van der Waals surface area contributed by atoms with Gasteiger partial charge in [0.1, 0.15) is 11.6 Å². The number of aromatic nitrogens is 2. The Morgan fingerprint density at radius 2 is 1.82 bits per heavy atom. The molecule has 1 aliphatic heterocycles. The molecule has 186 valence electrons. The normalized spacial score (nSPS) is 17.7. The van der Waals surface area contributed by atoms with E-state index in [0.717, 1.165) is 6.20 Å². The lowest BCUT2D eigenvalue weighted by molar-refractivity contribution is -0.144. The van der Waals surface area contributed by atoms with Crippen LogP contribution in [0.25, 0.3) is 0 Å². The number of benzene rings is 1. The van der Waals surface area contributed by atoms with Crippen LogP contribution in [0.15, 0.2) is 24.4 Å². The molecule has 0 spiro atoms. The number of nitrogens with two attached hydrogens (primary N) is 1. The van der Waals surface area contributed by atoms with Crippen molar-refractivity contribution in [2.24, 2.45) is 5.73 Å².